The van der Waals surface area contributed by atoms with Crippen LogP contribution >= 0.6 is 0 Å². The zero-order valence-electron chi connectivity index (χ0n) is 10.8. The number of imidazole rings is 1. The molecule has 5 N–H and O–H groups in total. The van der Waals surface area contributed by atoms with Crippen LogP contribution in [0.2, 0.25) is 0 Å². The monoisotopic (exact) mass is 247 g/mol. The molecule has 0 spiro atoms. The van der Waals surface area contributed by atoms with Gasteiger partial charge in [-0.1, -0.05) is 6.07 Å². The molecule has 0 saturated heterocycles. The van der Waals surface area contributed by atoms with Crippen LogP contribution in [0, 0.1) is 0 Å². The van der Waals surface area contributed by atoms with Gasteiger partial charge in [0.25, 0.3) is 0 Å². The average Bonchev–Trinajstić information content (AvgIpc) is 2.83. The van der Waals surface area contributed by atoms with Gasteiger partial charge in [-0.05, 0) is 31.2 Å². The van der Waals surface area contributed by atoms with Gasteiger partial charge in [-0.3, -0.25) is 0 Å². The van der Waals surface area contributed by atoms with E-state index < -0.39 is 0 Å². The molecule has 0 aliphatic heterocycles. The number of H-pyrrole nitrogens is 1. The molecule has 1 atom stereocenters. The SMILES string of the molecule is CN(CCc1ccc2nc[nH]c2c1)CC(N)CN. The standard InChI is InChI=1S/C13H21N5/c1-18(8-11(15)7-14)5-4-10-2-3-12-13(6-10)17-9-16-12/h2-3,6,9,11H,4-5,7-8,14-15H2,1H3,(H,16,17). The minimum Gasteiger partial charge on any atom is -0.345 e. The molecule has 5 nitrogen and oxygen atoms in total. The number of benzene rings is 1. The summed E-state index contributed by atoms with van der Waals surface area (Å²) in [6.45, 7) is 2.35. The van der Waals surface area contributed by atoms with Crippen LogP contribution in [-0.4, -0.2) is 47.6 Å². The molecule has 1 aromatic heterocycles. The van der Waals surface area contributed by atoms with Crippen molar-refractivity contribution in [3.63, 3.8) is 0 Å². The first-order valence-electron chi connectivity index (χ1n) is 6.25. The summed E-state index contributed by atoms with van der Waals surface area (Å²) in [7, 11) is 2.07. The van der Waals surface area contributed by atoms with Gasteiger partial charge >= 0.3 is 0 Å². The third-order valence-corrected chi connectivity index (χ3v) is 3.12. The zero-order valence-corrected chi connectivity index (χ0v) is 10.8. The van der Waals surface area contributed by atoms with Crippen LogP contribution in [-0.2, 0) is 6.42 Å². The Morgan fingerprint density at radius 3 is 3.06 bits per heavy atom. The van der Waals surface area contributed by atoms with Crippen LogP contribution in [0.5, 0.6) is 0 Å². The first-order valence-corrected chi connectivity index (χ1v) is 6.25. The van der Waals surface area contributed by atoms with Gasteiger partial charge in [-0.25, -0.2) is 4.98 Å². The van der Waals surface area contributed by atoms with E-state index in [1.807, 2.05) is 6.07 Å². The van der Waals surface area contributed by atoms with Gasteiger partial charge < -0.3 is 21.4 Å². The Morgan fingerprint density at radius 2 is 2.28 bits per heavy atom. The van der Waals surface area contributed by atoms with Crippen LogP contribution < -0.4 is 11.5 Å². The molecule has 0 bridgehead atoms. The third kappa shape index (κ3) is 3.29. The summed E-state index contributed by atoms with van der Waals surface area (Å²) >= 11 is 0. The van der Waals surface area contributed by atoms with Crippen LogP contribution in [0.25, 0.3) is 11.0 Å². The van der Waals surface area contributed by atoms with Crippen molar-refractivity contribution in [1.82, 2.24) is 14.9 Å². The van der Waals surface area contributed by atoms with Crippen LogP contribution in [0.3, 0.4) is 0 Å². The van der Waals surface area contributed by atoms with Crippen molar-refractivity contribution in [2.75, 3.05) is 26.7 Å². The van der Waals surface area contributed by atoms with Crippen molar-refractivity contribution in [2.24, 2.45) is 11.5 Å². The quantitative estimate of drug-likeness (QED) is 0.686. The molecule has 5 heteroatoms. The molecule has 0 fully saturated rings. The summed E-state index contributed by atoms with van der Waals surface area (Å²) in [6.07, 6.45) is 2.73. The second-order valence-electron chi connectivity index (χ2n) is 4.76. The highest BCUT2D eigenvalue weighted by Crippen LogP contribution is 2.12. The molecule has 18 heavy (non-hydrogen) atoms. The van der Waals surface area contributed by atoms with Crippen molar-refractivity contribution >= 4 is 11.0 Å². The lowest BCUT2D eigenvalue weighted by Crippen LogP contribution is -2.41. The molecule has 98 valence electrons. The minimum atomic E-state index is 0.0603. The van der Waals surface area contributed by atoms with E-state index in [9.17, 15) is 0 Å². The highest BCUT2D eigenvalue weighted by Gasteiger charge is 2.05. The van der Waals surface area contributed by atoms with Gasteiger partial charge in [0.15, 0.2) is 0 Å². The highest BCUT2D eigenvalue weighted by molar-refractivity contribution is 5.75. The molecule has 1 unspecified atom stereocenters. The molecule has 0 saturated carbocycles. The largest absolute Gasteiger partial charge is 0.345 e. The number of aromatic amines is 1. The molecule has 1 aromatic carbocycles. The first-order chi connectivity index (χ1) is 8.69. The Hall–Kier alpha value is -1.43. The lowest BCUT2D eigenvalue weighted by Gasteiger charge is -2.20. The van der Waals surface area contributed by atoms with E-state index in [1.54, 1.807) is 6.33 Å². The Kier molecular flexibility index (Phi) is 4.30. The number of fused-ring (bicyclic) bond motifs is 1. The van der Waals surface area contributed by atoms with Gasteiger partial charge in [0.2, 0.25) is 0 Å². The fraction of sp³-hybridized carbons (Fsp3) is 0.462. The maximum atomic E-state index is 5.82. The van der Waals surface area contributed by atoms with Crippen molar-refractivity contribution in [1.29, 1.82) is 0 Å². The van der Waals surface area contributed by atoms with Crippen molar-refractivity contribution in [2.45, 2.75) is 12.5 Å². The molecule has 2 aromatic rings. The maximum Gasteiger partial charge on any atom is 0.0931 e. The maximum absolute atomic E-state index is 5.82. The predicted octanol–water partition coefficient (Wildman–Crippen LogP) is 0.323. The molecule has 0 aliphatic carbocycles. The Bertz CT molecular complexity index is 493. The summed E-state index contributed by atoms with van der Waals surface area (Å²) < 4.78 is 0. The lowest BCUT2D eigenvalue weighted by atomic mass is 10.1. The van der Waals surface area contributed by atoms with Gasteiger partial charge in [0.1, 0.15) is 0 Å². The van der Waals surface area contributed by atoms with E-state index in [-0.39, 0.29) is 6.04 Å². The van der Waals surface area contributed by atoms with Gasteiger partial charge in [0, 0.05) is 25.7 Å². The van der Waals surface area contributed by atoms with Gasteiger partial charge in [-0.2, -0.15) is 0 Å². The van der Waals surface area contributed by atoms with E-state index >= 15 is 0 Å². The van der Waals surface area contributed by atoms with E-state index in [0.29, 0.717) is 6.54 Å². The molecule has 0 amide bonds. The summed E-state index contributed by atoms with van der Waals surface area (Å²) in [6, 6.07) is 6.39. The van der Waals surface area contributed by atoms with Crippen molar-refractivity contribution in [3.8, 4) is 0 Å². The second kappa shape index (κ2) is 5.95. The minimum absolute atomic E-state index is 0.0603. The zero-order chi connectivity index (χ0) is 13.0. The Morgan fingerprint density at radius 1 is 1.44 bits per heavy atom. The number of nitrogens with two attached hydrogens (primary N) is 2. The molecule has 1 heterocycles. The number of hydrogen-bond acceptors (Lipinski definition) is 4. The summed E-state index contributed by atoms with van der Waals surface area (Å²) in [4.78, 5) is 9.55. The summed E-state index contributed by atoms with van der Waals surface area (Å²) in [5, 5.41) is 0. The number of rotatable bonds is 6. The fourth-order valence-electron chi connectivity index (χ4n) is 2.02. The lowest BCUT2D eigenvalue weighted by molar-refractivity contribution is 0.316. The smallest absolute Gasteiger partial charge is 0.0931 e. The number of likely N-dealkylation sites (N-methyl/N-ethyl adjacent to an activating group) is 1. The Balaban J connectivity index is 1.89. The van der Waals surface area contributed by atoms with E-state index in [4.69, 9.17) is 11.5 Å². The van der Waals surface area contributed by atoms with E-state index in [0.717, 1.165) is 30.5 Å². The fourth-order valence-corrected chi connectivity index (χ4v) is 2.02. The highest BCUT2D eigenvalue weighted by atomic mass is 15.1. The van der Waals surface area contributed by atoms with Crippen molar-refractivity contribution < 1.29 is 0 Å². The molecular weight excluding hydrogens is 226 g/mol. The molecular formula is C13H21N5. The average molecular weight is 247 g/mol. The van der Waals surface area contributed by atoms with Crippen LogP contribution in [0.1, 0.15) is 5.56 Å². The summed E-state index contributed by atoms with van der Waals surface area (Å²) in [5.74, 6) is 0. The molecule has 0 aliphatic rings. The second-order valence-corrected chi connectivity index (χ2v) is 4.76. The van der Waals surface area contributed by atoms with Crippen molar-refractivity contribution in [3.05, 3.63) is 30.1 Å². The van der Waals surface area contributed by atoms with Crippen LogP contribution in [0.15, 0.2) is 24.5 Å². The first kappa shape index (κ1) is 13.0. The van der Waals surface area contributed by atoms with Crippen LogP contribution in [0.4, 0.5) is 0 Å². The van der Waals surface area contributed by atoms with E-state index in [2.05, 4.69) is 34.0 Å². The summed E-state index contributed by atoms with van der Waals surface area (Å²) in [5.41, 5.74) is 14.7. The number of nitrogens with one attached hydrogen (secondary N) is 1. The van der Waals surface area contributed by atoms with E-state index in [1.165, 1.54) is 5.56 Å². The topological polar surface area (TPSA) is 84.0 Å². The molecule has 0 radical (unpaired) electrons. The Labute approximate surface area is 107 Å². The van der Waals surface area contributed by atoms with Gasteiger partial charge in [0.05, 0.1) is 17.4 Å². The molecule has 2 rings (SSSR count). The number of aromatic nitrogens is 2. The predicted molar refractivity (Wildman–Crippen MR) is 74.3 cm³/mol. The number of nitrogens with zero attached hydrogens (tertiary/aromatic N) is 2. The van der Waals surface area contributed by atoms with Gasteiger partial charge in [-0.15, -0.1) is 0 Å². The number of hydrogen-bond donors (Lipinski definition) is 3. The third-order valence-electron chi connectivity index (χ3n) is 3.12. The normalized spacial score (nSPS) is 13.3.